The van der Waals surface area contributed by atoms with Crippen LogP contribution in [0.2, 0.25) is 0 Å². The number of imidazole rings is 1. The van der Waals surface area contributed by atoms with E-state index in [1.807, 2.05) is 55.7 Å². The Morgan fingerprint density at radius 1 is 1.16 bits per heavy atom. The Morgan fingerprint density at radius 3 is 2.49 bits per heavy atom. The zero-order valence-corrected chi connectivity index (χ0v) is 21.8. The summed E-state index contributed by atoms with van der Waals surface area (Å²) in [7, 11) is 1.43. The molecule has 0 spiro atoms. The minimum Gasteiger partial charge on any atom is -0.375 e. The number of nitrogens with two attached hydrogens (primary N) is 1. The van der Waals surface area contributed by atoms with Gasteiger partial charge < -0.3 is 19.9 Å². The maximum atomic E-state index is 14.7. The van der Waals surface area contributed by atoms with Gasteiger partial charge in [0, 0.05) is 38.0 Å². The fraction of sp³-hybridized carbons (Fsp3) is 0.429. The zero-order valence-electron chi connectivity index (χ0n) is 21.8. The highest BCUT2D eigenvalue weighted by atomic mass is 19.1. The molecule has 1 heterocycles. The average Bonchev–Trinajstić information content (AvgIpc) is 3.25. The van der Waals surface area contributed by atoms with Crippen molar-refractivity contribution in [1.29, 1.82) is 0 Å². The zero-order chi connectivity index (χ0) is 27.2. The van der Waals surface area contributed by atoms with E-state index >= 15 is 0 Å². The number of ether oxygens (including phenoxy) is 1. The van der Waals surface area contributed by atoms with Crippen LogP contribution in [0.15, 0.2) is 54.7 Å². The fourth-order valence-corrected chi connectivity index (χ4v) is 4.36. The van der Waals surface area contributed by atoms with Gasteiger partial charge in [-0.3, -0.25) is 4.79 Å². The summed E-state index contributed by atoms with van der Waals surface area (Å²) < 4.78 is 49.0. The molecule has 37 heavy (non-hydrogen) atoms. The minimum atomic E-state index is -0.723. The monoisotopic (exact) mass is 516 g/mol. The summed E-state index contributed by atoms with van der Waals surface area (Å²) in [5, 5.41) is 0. The third-order valence-corrected chi connectivity index (χ3v) is 6.11. The van der Waals surface area contributed by atoms with Gasteiger partial charge in [-0.1, -0.05) is 51.1 Å². The van der Waals surface area contributed by atoms with E-state index in [4.69, 9.17) is 15.5 Å². The summed E-state index contributed by atoms with van der Waals surface area (Å²) in [6.07, 6.45) is 1.91. The lowest BCUT2D eigenvalue weighted by Crippen LogP contribution is -2.45. The molecule has 1 unspecified atom stereocenters. The van der Waals surface area contributed by atoms with Gasteiger partial charge in [-0.2, -0.15) is 0 Å². The van der Waals surface area contributed by atoms with Gasteiger partial charge in [0.05, 0.1) is 11.7 Å². The van der Waals surface area contributed by atoms with Crippen LogP contribution in [0.5, 0.6) is 0 Å². The number of carbonyl (C=O) groups is 1. The molecule has 0 saturated heterocycles. The van der Waals surface area contributed by atoms with Crippen molar-refractivity contribution >= 4 is 5.91 Å². The fourth-order valence-electron chi connectivity index (χ4n) is 4.36. The standard InChI is InChI=1S/C28H35F3N4O2/c1-28(2,3)26(35(25(36)18-37-4)13-12-21(32)15-29)27-33-24(22-14-20(30)10-11-23(22)31)17-34(27)16-19-8-6-5-7-9-19/h5-11,14,17,21,26H,12-13,15-16,18,32H2,1-4H3/t21-,26?/m0/s1. The van der Waals surface area contributed by atoms with E-state index < -0.39 is 35.8 Å². The first kappa shape index (κ1) is 28.4. The first-order valence-corrected chi connectivity index (χ1v) is 12.2. The number of hydrogen-bond donors (Lipinski definition) is 1. The first-order chi connectivity index (χ1) is 17.5. The molecular formula is C28H35F3N4O2. The van der Waals surface area contributed by atoms with Gasteiger partial charge in [0.1, 0.15) is 30.7 Å². The van der Waals surface area contributed by atoms with Crippen LogP contribution < -0.4 is 5.73 Å². The molecule has 6 nitrogen and oxygen atoms in total. The number of halogens is 3. The maximum Gasteiger partial charge on any atom is 0.249 e. The Kier molecular flexibility index (Phi) is 9.50. The van der Waals surface area contributed by atoms with Gasteiger partial charge in [-0.05, 0) is 35.6 Å². The van der Waals surface area contributed by atoms with E-state index in [1.54, 1.807) is 11.1 Å². The molecule has 0 saturated carbocycles. The van der Waals surface area contributed by atoms with Crippen molar-refractivity contribution in [1.82, 2.24) is 14.5 Å². The van der Waals surface area contributed by atoms with E-state index in [2.05, 4.69) is 0 Å². The first-order valence-electron chi connectivity index (χ1n) is 12.2. The van der Waals surface area contributed by atoms with Crippen LogP contribution in [0.4, 0.5) is 13.2 Å². The van der Waals surface area contributed by atoms with Gasteiger partial charge >= 0.3 is 0 Å². The predicted molar refractivity (Wildman–Crippen MR) is 137 cm³/mol. The smallest absolute Gasteiger partial charge is 0.249 e. The summed E-state index contributed by atoms with van der Waals surface area (Å²) in [5.74, 6) is -1.000. The van der Waals surface area contributed by atoms with E-state index in [0.29, 0.717) is 12.4 Å². The van der Waals surface area contributed by atoms with E-state index in [1.165, 1.54) is 7.11 Å². The van der Waals surface area contributed by atoms with Gasteiger partial charge in [-0.15, -0.1) is 0 Å². The lowest BCUT2D eigenvalue weighted by Gasteiger charge is -2.40. The van der Waals surface area contributed by atoms with Gasteiger partial charge in [0.25, 0.3) is 0 Å². The lowest BCUT2D eigenvalue weighted by molar-refractivity contribution is -0.140. The van der Waals surface area contributed by atoms with Crippen molar-refractivity contribution < 1.29 is 22.7 Å². The van der Waals surface area contributed by atoms with Gasteiger partial charge in [-0.25, -0.2) is 18.2 Å². The molecule has 0 fully saturated rings. The topological polar surface area (TPSA) is 73.4 Å². The highest BCUT2D eigenvalue weighted by Gasteiger charge is 2.38. The summed E-state index contributed by atoms with van der Waals surface area (Å²) in [4.78, 5) is 19.6. The molecular weight excluding hydrogens is 481 g/mol. The molecule has 0 aliphatic rings. The van der Waals surface area contributed by atoms with E-state index in [-0.39, 0.29) is 36.7 Å². The van der Waals surface area contributed by atoms with Crippen LogP contribution >= 0.6 is 0 Å². The Labute approximate surface area is 216 Å². The number of alkyl halides is 1. The molecule has 1 amide bonds. The molecule has 0 aliphatic carbocycles. The molecule has 1 aromatic heterocycles. The molecule has 0 radical (unpaired) electrons. The van der Waals surface area contributed by atoms with Crippen LogP contribution in [0, 0.1) is 17.0 Å². The number of methoxy groups -OCH3 is 1. The lowest BCUT2D eigenvalue weighted by atomic mass is 9.84. The Bertz CT molecular complexity index is 1180. The summed E-state index contributed by atoms with van der Waals surface area (Å²) in [5.41, 5.74) is 6.54. The Morgan fingerprint density at radius 2 is 1.86 bits per heavy atom. The molecule has 3 aromatic rings. The number of nitrogens with zero attached hydrogens (tertiary/aromatic N) is 3. The van der Waals surface area contributed by atoms with Crippen LogP contribution in [0.25, 0.3) is 11.3 Å². The van der Waals surface area contributed by atoms with Crippen molar-refractivity contribution in [2.45, 2.75) is 45.8 Å². The summed E-state index contributed by atoms with van der Waals surface area (Å²) in [6, 6.07) is 11.5. The second-order valence-corrected chi connectivity index (χ2v) is 10.2. The second-order valence-electron chi connectivity index (χ2n) is 10.2. The van der Waals surface area contributed by atoms with Crippen molar-refractivity contribution in [3.8, 4) is 11.3 Å². The molecule has 2 N–H and O–H groups in total. The molecule has 9 heteroatoms. The van der Waals surface area contributed by atoms with Crippen molar-refractivity contribution in [3.05, 3.63) is 77.8 Å². The third-order valence-electron chi connectivity index (χ3n) is 6.11. The number of hydrogen-bond acceptors (Lipinski definition) is 4. The molecule has 0 aliphatic heterocycles. The Balaban J connectivity index is 2.19. The molecule has 2 atom stereocenters. The average molecular weight is 517 g/mol. The third kappa shape index (κ3) is 7.20. The van der Waals surface area contributed by atoms with Crippen molar-refractivity contribution in [3.63, 3.8) is 0 Å². The number of rotatable bonds is 11. The maximum absolute atomic E-state index is 14.7. The molecule has 200 valence electrons. The van der Waals surface area contributed by atoms with E-state index in [9.17, 15) is 18.0 Å². The largest absolute Gasteiger partial charge is 0.375 e. The number of aromatic nitrogens is 2. The van der Waals surface area contributed by atoms with Crippen molar-refractivity contribution in [2.24, 2.45) is 11.1 Å². The SMILES string of the molecule is COCC(=O)N(CC[C@H](N)CF)C(c1nc(-c2cc(F)ccc2F)cn1Cc1ccccc1)C(C)(C)C. The highest BCUT2D eigenvalue weighted by molar-refractivity contribution is 5.78. The number of amides is 1. The van der Waals surface area contributed by atoms with Crippen LogP contribution in [0.3, 0.4) is 0 Å². The highest BCUT2D eigenvalue weighted by Crippen LogP contribution is 2.39. The van der Waals surface area contributed by atoms with Crippen LogP contribution in [-0.2, 0) is 16.1 Å². The Hall–Kier alpha value is -3.17. The van der Waals surface area contributed by atoms with E-state index in [0.717, 1.165) is 23.8 Å². The van der Waals surface area contributed by atoms with Gasteiger partial charge in [0.15, 0.2) is 0 Å². The quantitative estimate of drug-likeness (QED) is 0.384. The normalized spacial score (nSPS) is 13.4. The molecule has 3 rings (SSSR count). The van der Waals surface area contributed by atoms with Gasteiger partial charge in [0.2, 0.25) is 5.91 Å². The molecule has 0 bridgehead atoms. The number of benzene rings is 2. The minimum absolute atomic E-state index is 0.0231. The summed E-state index contributed by atoms with van der Waals surface area (Å²) in [6.45, 7) is 5.57. The van der Waals surface area contributed by atoms with Crippen LogP contribution in [-0.4, -0.2) is 53.3 Å². The van der Waals surface area contributed by atoms with Crippen LogP contribution in [0.1, 0.15) is 44.6 Å². The van der Waals surface area contributed by atoms with Crippen molar-refractivity contribution in [2.75, 3.05) is 26.9 Å². The predicted octanol–water partition coefficient (Wildman–Crippen LogP) is 5.13. The molecule has 2 aromatic carbocycles. The second kappa shape index (κ2) is 12.4. The number of carbonyl (C=O) groups excluding carboxylic acids is 1. The summed E-state index contributed by atoms with van der Waals surface area (Å²) >= 11 is 0.